The molecule has 2 heterocycles. The van der Waals surface area contributed by atoms with Gasteiger partial charge >= 0.3 is 0 Å². The molecule has 0 fully saturated rings. The van der Waals surface area contributed by atoms with Gasteiger partial charge in [-0.2, -0.15) is 0 Å². The molecule has 25 heavy (non-hydrogen) atoms. The lowest BCUT2D eigenvalue weighted by Gasteiger charge is -2.28. The van der Waals surface area contributed by atoms with Crippen molar-refractivity contribution in [3.8, 4) is 5.69 Å². The van der Waals surface area contributed by atoms with E-state index < -0.39 is 0 Å². The highest BCUT2D eigenvalue weighted by molar-refractivity contribution is 6.25. The van der Waals surface area contributed by atoms with Crippen molar-refractivity contribution in [1.82, 2.24) is 24.8 Å². The number of aromatic nitrogens is 3. The summed E-state index contributed by atoms with van der Waals surface area (Å²) in [7, 11) is 3.83. The van der Waals surface area contributed by atoms with E-state index in [4.69, 9.17) is 0 Å². The monoisotopic (exact) mass is 335 g/mol. The Morgan fingerprint density at radius 3 is 2.60 bits per heavy atom. The van der Waals surface area contributed by atoms with Crippen molar-refractivity contribution in [2.75, 3.05) is 27.2 Å². The Morgan fingerprint density at radius 1 is 1.08 bits per heavy atom. The van der Waals surface area contributed by atoms with E-state index in [1.54, 1.807) is 29.2 Å². The van der Waals surface area contributed by atoms with Gasteiger partial charge < -0.3 is 4.90 Å². The van der Waals surface area contributed by atoms with E-state index in [9.17, 15) is 9.59 Å². The Labute approximate surface area is 144 Å². The van der Waals surface area contributed by atoms with Crippen molar-refractivity contribution >= 4 is 22.6 Å². The summed E-state index contributed by atoms with van der Waals surface area (Å²) in [5.41, 5.74) is 1.83. The summed E-state index contributed by atoms with van der Waals surface area (Å²) in [6, 6.07) is 9.20. The highest BCUT2D eigenvalue weighted by Crippen LogP contribution is 2.32. The average Bonchev–Trinajstić information content (AvgIpc) is 3.13. The summed E-state index contributed by atoms with van der Waals surface area (Å²) in [6.45, 7) is 0.972. The molecule has 7 nitrogen and oxygen atoms in total. The standard InChI is InChI=1S/C18H17N5O2/c1-21(2)8-9-22-17(24)14-5-3-4-12-10-13(23-7-6-19-20-23)11-15(16(12)14)18(22)25/h3-7,10-11H,8-9H2,1-2H3. The molecule has 0 spiro atoms. The normalized spacial score (nSPS) is 14.0. The molecule has 0 unspecified atom stereocenters. The van der Waals surface area contributed by atoms with Crippen LogP contribution < -0.4 is 0 Å². The van der Waals surface area contributed by atoms with Crippen molar-refractivity contribution in [3.05, 3.63) is 53.9 Å². The minimum absolute atomic E-state index is 0.238. The van der Waals surface area contributed by atoms with E-state index in [-0.39, 0.29) is 11.8 Å². The van der Waals surface area contributed by atoms with Crippen molar-refractivity contribution in [2.45, 2.75) is 0 Å². The zero-order valence-electron chi connectivity index (χ0n) is 14.0. The van der Waals surface area contributed by atoms with Gasteiger partial charge in [0.2, 0.25) is 0 Å². The predicted octanol–water partition coefficient (Wildman–Crippen LogP) is 1.58. The van der Waals surface area contributed by atoms with Crippen LogP contribution in [0.4, 0.5) is 0 Å². The largest absolute Gasteiger partial charge is 0.308 e. The lowest BCUT2D eigenvalue weighted by Crippen LogP contribution is -2.43. The molecule has 0 aliphatic carbocycles. The lowest BCUT2D eigenvalue weighted by molar-refractivity contribution is 0.0601. The number of carbonyl (C=O) groups is 2. The first-order valence-electron chi connectivity index (χ1n) is 8.00. The van der Waals surface area contributed by atoms with Crippen LogP contribution >= 0.6 is 0 Å². The molecule has 7 heteroatoms. The number of imide groups is 1. The number of amides is 2. The molecule has 126 valence electrons. The molecular weight excluding hydrogens is 318 g/mol. The Morgan fingerprint density at radius 2 is 1.88 bits per heavy atom. The summed E-state index contributed by atoms with van der Waals surface area (Å²) in [5, 5.41) is 9.37. The summed E-state index contributed by atoms with van der Waals surface area (Å²) in [5.74, 6) is -0.504. The van der Waals surface area contributed by atoms with Crippen molar-refractivity contribution in [2.24, 2.45) is 0 Å². The second-order valence-corrected chi connectivity index (χ2v) is 6.31. The minimum Gasteiger partial charge on any atom is -0.308 e. The van der Waals surface area contributed by atoms with Crippen LogP contribution in [0.15, 0.2) is 42.7 Å². The minimum atomic E-state index is -0.266. The molecule has 0 atom stereocenters. The van der Waals surface area contributed by atoms with Crippen molar-refractivity contribution < 1.29 is 9.59 Å². The van der Waals surface area contributed by atoms with Crippen LogP contribution in [0, 0.1) is 0 Å². The van der Waals surface area contributed by atoms with E-state index in [0.717, 1.165) is 11.1 Å². The lowest BCUT2D eigenvalue weighted by atomic mass is 9.93. The number of rotatable bonds is 4. The quantitative estimate of drug-likeness (QED) is 0.677. The third kappa shape index (κ3) is 2.49. The zero-order valence-corrected chi connectivity index (χ0v) is 14.0. The van der Waals surface area contributed by atoms with Gasteiger partial charge in [0.05, 0.1) is 23.6 Å². The van der Waals surface area contributed by atoms with E-state index in [2.05, 4.69) is 10.3 Å². The van der Waals surface area contributed by atoms with Crippen LogP contribution in [0.2, 0.25) is 0 Å². The maximum absolute atomic E-state index is 13.0. The van der Waals surface area contributed by atoms with Crippen LogP contribution in [0.3, 0.4) is 0 Å². The number of carbonyl (C=O) groups excluding carboxylic acids is 2. The number of likely N-dealkylation sites (N-methyl/N-ethyl adjacent to an activating group) is 1. The van der Waals surface area contributed by atoms with E-state index >= 15 is 0 Å². The van der Waals surface area contributed by atoms with Gasteiger partial charge in [-0.25, -0.2) is 4.68 Å². The number of hydrogen-bond donors (Lipinski definition) is 0. The first-order valence-corrected chi connectivity index (χ1v) is 8.00. The molecule has 0 saturated carbocycles. The third-order valence-corrected chi connectivity index (χ3v) is 4.37. The summed E-state index contributed by atoms with van der Waals surface area (Å²) in [4.78, 5) is 29.1. The molecule has 0 N–H and O–H groups in total. The highest BCUT2D eigenvalue weighted by Gasteiger charge is 2.33. The maximum atomic E-state index is 13.0. The number of hydrogen-bond acceptors (Lipinski definition) is 5. The first-order chi connectivity index (χ1) is 12.1. The van der Waals surface area contributed by atoms with Crippen LogP contribution in [0.5, 0.6) is 0 Å². The summed E-state index contributed by atoms with van der Waals surface area (Å²) in [6.07, 6.45) is 3.31. The third-order valence-electron chi connectivity index (χ3n) is 4.37. The first kappa shape index (κ1) is 15.5. The summed E-state index contributed by atoms with van der Waals surface area (Å²) < 4.78 is 1.61. The van der Waals surface area contributed by atoms with Crippen LogP contribution in [-0.2, 0) is 0 Å². The van der Waals surface area contributed by atoms with Gasteiger partial charge in [0.1, 0.15) is 0 Å². The molecule has 2 aromatic carbocycles. The fraction of sp³-hybridized carbons (Fsp3) is 0.222. The fourth-order valence-corrected chi connectivity index (χ4v) is 3.12. The van der Waals surface area contributed by atoms with Crippen LogP contribution in [-0.4, -0.2) is 63.8 Å². The Bertz CT molecular complexity index is 979. The van der Waals surface area contributed by atoms with Crippen LogP contribution in [0.25, 0.3) is 16.5 Å². The zero-order chi connectivity index (χ0) is 17.6. The molecule has 1 aliphatic rings. The number of nitrogens with zero attached hydrogens (tertiary/aromatic N) is 5. The molecule has 0 bridgehead atoms. The molecule has 1 aromatic heterocycles. The number of benzene rings is 2. The molecule has 1 aliphatic heterocycles. The van der Waals surface area contributed by atoms with E-state index in [1.165, 1.54) is 4.90 Å². The molecule has 0 saturated heterocycles. The van der Waals surface area contributed by atoms with Gasteiger partial charge in [-0.15, -0.1) is 5.10 Å². The van der Waals surface area contributed by atoms with Gasteiger partial charge in [-0.05, 0) is 37.7 Å². The Hall–Kier alpha value is -3.06. The van der Waals surface area contributed by atoms with Gasteiger partial charge in [-0.1, -0.05) is 17.3 Å². The average molecular weight is 335 g/mol. The van der Waals surface area contributed by atoms with E-state index in [1.807, 2.05) is 37.2 Å². The molecule has 4 rings (SSSR count). The fourth-order valence-electron chi connectivity index (χ4n) is 3.12. The predicted molar refractivity (Wildman–Crippen MR) is 92.8 cm³/mol. The van der Waals surface area contributed by atoms with E-state index in [0.29, 0.717) is 29.6 Å². The molecule has 2 amide bonds. The SMILES string of the molecule is CN(C)CCN1C(=O)c2cccc3cc(-n4ccnn4)cc(c23)C1=O. The van der Waals surface area contributed by atoms with Gasteiger partial charge in [-0.3, -0.25) is 14.5 Å². The Kier molecular flexibility index (Phi) is 3.58. The topological polar surface area (TPSA) is 71.3 Å². The maximum Gasteiger partial charge on any atom is 0.261 e. The van der Waals surface area contributed by atoms with Crippen LogP contribution in [0.1, 0.15) is 20.7 Å². The van der Waals surface area contributed by atoms with Gasteiger partial charge in [0, 0.05) is 24.0 Å². The smallest absolute Gasteiger partial charge is 0.261 e. The van der Waals surface area contributed by atoms with Gasteiger partial charge in [0.15, 0.2) is 0 Å². The molecule has 3 aromatic rings. The Balaban J connectivity index is 1.89. The van der Waals surface area contributed by atoms with Gasteiger partial charge in [0.25, 0.3) is 11.8 Å². The van der Waals surface area contributed by atoms with Crippen molar-refractivity contribution in [1.29, 1.82) is 0 Å². The second-order valence-electron chi connectivity index (χ2n) is 6.31. The van der Waals surface area contributed by atoms with Crippen molar-refractivity contribution in [3.63, 3.8) is 0 Å². The molecule has 0 radical (unpaired) electrons. The molecular formula is C18H17N5O2. The summed E-state index contributed by atoms with van der Waals surface area (Å²) >= 11 is 0. The second kappa shape index (κ2) is 5.78. The highest BCUT2D eigenvalue weighted by atomic mass is 16.2.